The van der Waals surface area contributed by atoms with Gasteiger partial charge in [0.05, 0.1) is 18.8 Å². The summed E-state index contributed by atoms with van der Waals surface area (Å²) in [5, 5.41) is 6.04. The van der Waals surface area contributed by atoms with Crippen molar-refractivity contribution in [3.05, 3.63) is 57.7 Å². The number of amides is 1. The van der Waals surface area contributed by atoms with Crippen molar-refractivity contribution in [1.29, 1.82) is 0 Å². The molecule has 0 saturated carbocycles. The van der Waals surface area contributed by atoms with Crippen LogP contribution >= 0.6 is 34.8 Å². The minimum atomic E-state index is -0.215. The van der Waals surface area contributed by atoms with Gasteiger partial charge in [-0.3, -0.25) is 10.1 Å². The molecule has 0 spiro atoms. The van der Waals surface area contributed by atoms with Crippen LogP contribution in [0.1, 0.15) is 10.4 Å². The predicted octanol–water partition coefficient (Wildman–Crippen LogP) is 3.25. The number of rotatable bonds is 3. The Morgan fingerprint density at radius 3 is 2.44 bits per heavy atom. The molecule has 1 fully saturated rings. The summed E-state index contributed by atoms with van der Waals surface area (Å²) in [7, 11) is 0. The number of benzene rings is 2. The lowest BCUT2D eigenvalue weighted by atomic mass is 10.2. The van der Waals surface area contributed by atoms with Crippen molar-refractivity contribution in [2.45, 2.75) is 0 Å². The fourth-order valence-electron chi connectivity index (χ4n) is 2.56. The SMILES string of the molecule is O=C(NC(=S)Nc1ccc(N2CCOCC2)cc1)c1ccccc1I. The van der Waals surface area contributed by atoms with Crippen LogP contribution in [0.4, 0.5) is 11.4 Å². The van der Waals surface area contributed by atoms with E-state index in [0.717, 1.165) is 41.2 Å². The molecule has 0 unspecified atom stereocenters. The second-order valence-corrected chi connectivity index (χ2v) is 7.10. The third kappa shape index (κ3) is 4.90. The number of carbonyl (C=O) groups excluding carboxylic acids is 1. The lowest BCUT2D eigenvalue weighted by Gasteiger charge is -2.28. The molecule has 0 aliphatic carbocycles. The standard InChI is InChI=1S/C18H18IN3O2S/c19-16-4-2-1-3-15(16)17(23)21-18(25)20-13-5-7-14(8-6-13)22-9-11-24-12-10-22/h1-8H,9-12H2,(H2,20,21,23,25). The zero-order valence-corrected chi connectivity index (χ0v) is 16.5. The first-order valence-electron chi connectivity index (χ1n) is 7.93. The van der Waals surface area contributed by atoms with Crippen LogP contribution in [-0.4, -0.2) is 37.3 Å². The highest BCUT2D eigenvalue weighted by Crippen LogP contribution is 2.19. The first-order chi connectivity index (χ1) is 12.1. The number of ether oxygens (including phenoxy) is 1. The Bertz CT molecular complexity index is 761. The molecule has 1 amide bonds. The van der Waals surface area contributed by atoms with E-state index in [4.69, 9.17) is 17.0 Å². The summed E-state index contributed by atoms with van der Waals surface area (Å²) in [6, 6.07) is 15.4. The van der Waals surface area contributed by atoms with E-state index in [2.05, 4.69) is 38.1 Å². The predicted molar refractivity (Wildman–Crippen MR) is 112 cm³/mol. The number of nitrogens with zero attached hydrogens (tertiary/aromatic N) is 1. The van der Waals surface area contributed by atoms with Gasteiger partial charge in [-0.25, -0.2) is 0 Å². The number of carbonyl (C=O) groups is 1. The van der Waals surface area contributed by atoms with E-state index in [1.807, 2.05) is 42.5 Å². The van der Waals surface area contributed by atoms with Crippen molar-refractivity contribution in [3.63, 3.8) is 0 Å². The molecule has 5 nitrogen and oxygen atoms in total. The fourth-order valence-corrected chi connectivity index (χ4v) is 3.40. The van der Waals surface area contributed by atoms with Crippen molar-refractivity contribution in [2.75, 3.05) is 36.5 Å². The highest BCUT2D eigenvalue weighted by Gasteiger charge is 2.12. The Hall–Kier alpha value is -1.71. The number of morpholine rings is 1. The lowest BCUT2D eigenvalue weighted by molar-refractivity contribution is 0.0977. The number of thiocarbonyl (C=S) groups is 1. The van der Waals surface area contributed by atoms with Crippen LogP contribution in [0.15, 0.2) is 48.5 Å². The van der Waals surface area contributed by atoms with E-state index in [-0.39, 0.29) is 11.0 Å². The van der Waals surface area contributed by atoms with Gasteiger partial charge >= 0.3 is 0 Å². The molecular formula is C18H18IN3O2S. The molecule has 2 N–H and O–H groups in total. The van der Waals surface area contributed by atoms with Crippen LogP contribution in [0, 0.1) is 3.57 Å². The van der Waals surface area contributed by atoms with Gasteiger partial charge in [-0.15, -0.1) is 0 Å². The van der Waals surface area contributed by atoms with Crippen molar-refractivity contribution in [3.8, 4) is 0 Å². The van der Waals surface area contributed by atoms with E-state index < -0.39 is 0 Å². The monoisotopic (exact) mass is 467 g/mol. The Morgan fingerprint density at radius 1 is 1.08 bits per heavy atom. The van der Waals surface area contributed by atoms with E-state index in [0.29, 0.717) is 5.56 Å². The van der Waals surface area contributed by atoms with E-state index >= 15 is 0 Å². The topological polar surface area (TPSA) is 53.6 Å². The van der Waals surface area contributed by atoms with Gasteiger partial charge < -0.3 is 15.0 Å². The number of hydrogen-bond acceptors (Lipinski definition) is 4. The maximum atomic E-state index is 12.3. The first-order valence-corrected chi connectivity index (χ1v) is 9.42. The summed E-state index contributed by atoms with van der Waals surface area (Å²) in [5.74, 6) is -0.215. The molecule has 130 valence electrons. The van der Waals surface area contributed by atoms with E-state index in [9.17, 15) is 4.79 Å². The van der Waals surface area contributed by atoms with E-state index in [1.165, 1.54) is 0 Å². The molecule has 0 aromatic heterocycles. The molecule has 25 heavy (non-hydrogen) atoms. The molecule has 3 rings (SSSR count). The van der Waals surface area contributed by atoms with Crippen molar-refractivity contribution >= 4 is 57.2 Å². The molecule has 0 atom stereocenters. The Balaban J connectivity index is 1.57. The van der Waals surface area contributed by atoms with Crippen molar-refractivity contribution in [1.82, 2.24) is 5.32 Å². The number of nitrogens with one attached hydrogen (secondary N) is 2. The average molecular weight is 467 g/mol. The van der Waals surface area contributed by atoms with Gasteiger partial charge in [-0.05, 0) is 71.2 Å². The summed E-state index contributed by atoms with van der Waals surface area (Å²) >= 11 is 7.37. The van der Waals surface area contributed by atoms with Crippen LogP contribution in [0.3, 0.4) is 0 Å². The average Bonchev–Trinajstić information content (AvgIpc) is 2.63. The molecule has 1 aliphatic heterocycles. The number of halogens is 1. The second-order valence-electron chi connectivity index (χ2n) is 5.53. The van der Waals surface area contributed by atoms with Crippen LogP contribution in [0.2, 0.25) is 0 Å². The van der Waals surface area contributed by atoms with Crippen LogP contribution < -0.4 is 15.5 Å². The maximum Gasteiger partial charge on any atom is 0.258 e. The third-order valence-electron chi connectivity index (χ3n) is 3.85. The van der Waals surface area contributed by atoms with Gasteiger partial charge in [-0.1, -0.05) is 12.1 Å². The molecule has 7 heteroatoms. The molecule has 1 aliphatic rings. The molecule has 2 aromatic rings. The largest absolute Gasteiger partial charge is 0.378 e. The summed E-state index contributed by atoms with van der Waals surface area (Å²) in [5.41, 5.74) is 2.60. The smallest absolute Gasteiger partial charge is 0.258 e. The van der Waals surface area contributed by atoms with Crippen LogP contribution in [0.5, 0.6) is 0 Å². The third-order valence-corrected chi connectivity index (χ3v) is 4.99. The minimum Gasteiger partial charge on any atom is -0.378 e. The lowest BCUT2D eigenvalue weighted by Crippen LogP contribution is -2.36. The zero-order valence-electron chi connectivity index (χ0n) is 13.5. The zero-order chi connectivity index (χ0) is 17.6. The van der Waals surface area contributed by atoms with Crippen molar-refractivity contribution in [2.24, 2.45) is 0 Å². The number of hydrogen-bond donors (Lipinski definition) is 2. The highest BCUT2D eigenvalue weighted by molar-refractivity contribution is 14.1. The molecule has 2 aromatic carbocycles. The summed E-state index contributed by atoms with van der Waals surface area (Å²) < 4.78 is 6.25. The summed E-state index contributed by atoms with van der Waals surface area (Å²) in [4.78, 5) is 14.5. The van der Waals surface area contributed by atoms with Crippen molar-refractivity contribution < 1.29 is 9.53 Å². The Labute approximate surface area is 165 Å². The maximum absolute atomic E-state index is 12.3. The molecular weight excluding hydrogens is 449 g/mol. The summed E-state index contributed by atoms with van der Waals surface area (Å²) in [6.07, 6.45) is 0. The Morgan fingerprint density at radius 2 is 1.76 bits per heavy atom. The van der Waals surface area contributed by atoms with Gasteiger partial charge in [0.25, 0.3) is 5.91 Å². The van der Waals surface area contributed by atoms with Crippen LogP contribution in [0.25, 0.3) is 0 Å². The van der Waals surface area contributed by atoms with Gasteiger partial charge in [0.1, 0.15) is 0 Å². The number of anilines is 2. The first kappa shape index (κ1) is 18.1. The normalized spacial score (nSPS) is 14.0. The molecule has 1 saturated heterocycles. The quantitative estimate of drug-likeness (QED) is 0.537. The summed E-state index contributed by atoms with van der Waals surface area (Å²) in [6.45, 7) is 3.32. The van der Waals surface area contributed by atoms with Crippen LogP contribution in [-0.2, 0) is 4.74 Å². The van der Waals surface area contributed by atoms with Gasteiger partial charge in [0.15, 0.2) is 5.11 Å². The van der Waals surface area contributed by atoms with Gasteiger partial charge in [0.2, 0.25) is 0 Å². The molecule has 0 radical (unpaired) electrons. The molecule has 0 bridgehead atoms. The minimum absolute atomic E-state index is 0.215. The molecule has 1 heterocycles. The van der Waals surface area contributed by atoms with Gasteiger partial charge in [0, 0.05) is 28.0 Å². The second kappa shape index (κ2) is 8.59. The Kier molecular flexibility index (Phi) is 6.22. The van der Waals surface area contributed by atoms with Gasteiger partial charge in [-0.2, -0.15) is 0 Å². The van der Waals surface area contributed by atoms with E-state index in [1.54, 1.807) is 6.07 Å². The highest BCUT2D eigenvalue weighted by atomic mass is 127. The fraction of sp³-hybridized carbons (Fsp3) is 0.222.